The Hall–Kier alpha value is -2.48. The van der Waals surface area contributed by atoms with E-state index in [1.165, 1.54) is 0 Å². The average Bonchev–Trinajstić information content (AvgIpc) is 2.67. The molecule has 0 amide bonds. The van der Waals surface area contributed by atoms with Crippen molar-refractivity contribution < 1.29 is 4.79 Å². The van der Waals surface area contributed by atoms with Crippen molar-refractivity contribution in [2.24, 2.45) is 0 Å². The maximum absolute atomic E-state index is 12.3. The minimum absolute atomic E-state index is 0.0247. The zero-order valence-corrected chi connectivity index (χ0v) is 16.7. The summed E-state index contributed by atoms with van der Waals surface area (Å²) in [5.74, 6) is 0.334. The van der Waals surface area contributed by atoms with E-state index in [-0.39, 0.29) is 11.7 Å². The Morgan fingerprint density at radius 1 is 1.19 bits per heavy atom. The Balaban J connectivity index is 1.98. The molecule has 136 valence electrons. The average molecular weight is 395 g/mol. The number of halogens is 1. The van der Waals surface area contributed by atoms with Gasteiger partial charge in [0.2, 0.25) is 0 Å². The molecule has 1 heterocycles. The van der Waals surface area contributed by atoms with Crippen LogP contribution in [0.3, 0.4) is 0 Å². The lowest BCUT2D eigenvalue weighted by Gasteiger charge is -2.29. The lowest BCUT2D eigenvalue weighted by atomic mass is 9.81. The monoisotopic (exact) mass is 394 g/mol. The molecule has 1 atom stereocenters. The lowest BCUT2D eigenvalue weighted by molar-refractivity contribution is -0.113. The van der Waals surface area contributed by atoms with Gasteiger partial charge in [0.05, 0.1) is 22.6 Å². The highest BCUT2D eigenvalue weighted by Crippen LogP contribution is 2.41. The Bertz CT molecular complexity index is 956. The van der Waals surface area contributed by atoms with Crippen molar-refractivity contribution in [2.45, 2.75) is 25.5 Å². The Morgan fingerprint density at radius 2 is 1.85 bits per heavy atom. The number of nitriles is 1. The highest BCUT2D eigenvalue weighted by Gasteiger charge is 2.32. The molecule has 0 saturated carbocycles. The third-order valence-corrected chi connectivity index (χ3v) is 5.80. The predicted octanol–water partition coefficient (Wildman–Crippen LogP) is 5.56. The maximum atomic E-state index is 12.3. The number of nitrogens with one attached hydrogen (secondary N) is 1. The van der Waals surface area contributed by atoms with Gasteiger partial charge < -0.3 is 5.32 Å². The van der Waals surface area contributed by atoms with E-state index in [1.807, 2.05) is 61.5 Å². The molecule has 0 saturated heterocycles. The number of thioether (sulfide) groups is 1. The summed E-state index contributed by atoms with van der Waals surface area (Å²) in [7, 11) is 0. The summed E-state index contributed by atoms with van der Waals surface area (Å²) in [4.78, 5) is 12.3. The number of Topliss-reactive ketones (excluding diaryl/α,β-unsaturated/α-hetero) is 1. The van der Waals surface area contributed by atoms with Gasteiger partial charge in [0.1, 0.15) is 0 Å². The number of allylic oxidation sites excluding steroid dienone is 3. The Morgan fingerprint density at radius 3 is 2.44 bits per heavy atom. The number of benzene rings is 2. The molecule has 0 bridgehead atoms. The smallest absolute Gasteiger partial charge is 0.158 e. The minimum atomic E-state index is -0.345. The third kappa shape index (κ3) is 4.27. The van der Waals surface area contributed by atoms with Gasteiger partial charge in [-0.15, -0.1) is 11.8 Å². The van der Waals surface area contributed by atoms with Gasteiger partial charge in [0.15, 0.2) is 5.78 Å². The third-order valence-electron chi connectivity index (χ3n) is 4.46. The molecular weight excluding hydrogens is 376 g/mol. The van der Waals surface area contributed by atoms with E-state index >= 15 is 0 Å². The zero-order valence-electron chi connectivity index (χ0n) is 15.1. The molecule has 5 heteroatoms. The first-order valence-electron chi connectivity index (χ1n) is 8.56. The van der Waals surface area contributed by atoms with E-state index in [2.05, 4.69) is 11.4 Å². The van der Waals surface area contributed by atoms with Crippen molar-refractivity contribution in [3.8, 4) is 6.07 Å². The van der Waals surface area contributed by atoms with Gasteiger partial charge in [0.25, 0.3) is 0 Å². The topological polar surface area (TPSA) is 52.9 Å². The van der Waals surface area contributed by atoms with Gasteiger partial charge in [-0.3, -0.25) is 4.79 Å². The first kappa shape index (κ1) is 19.3. The van der Waals surface area contributed by atoms with Gasteiger partial charge in [-0.25, -0.2) is 0 Å². The molecule has 1 aliphatic heterocycles. The van der Waals surface area contributed by atoms with Crippen molar-refractivity contribution in [1.82, 2.24) is 5.32 Å². The van der Waals surface area contributed by atoms with Crippen LogP contribution >= 0.6 is 23.4 Å². The van der Waals surface area contributed by atoms with Crippen LogP contribution in [0.1, 0.15) is 30.9 Å². The summed E-state index contributed by atoms with van der Waals surface area (Å²) >= 11 is 7.51. The second kappa shape index (κ2) is 8.47. The molecule has 0 spiro atoms. The van der Waals surface area contributed by atoms with Crippen LogP contribution in [0.15, 0.2) is 76.5 Å². The fourth-order valence-electron chi connectivity index (χ4n) is 3.21. The second-order valence-electron chi connectivity index (χ2n) is 6.33. The summed E-state index contributed by atoms with van der Waals surface area (Å²) in [6, 6.07) is 19.7. The van der Waals surface area contributed by atoms with Gasteiger partial charge >= 0.3 is 0 Å². The molecule has 0 unspecified atom stereocenters. The molecular formula is C22H19ClN2OS. The first-order chi connectivity index (χ1) is 13.0. The number of hydrogen-bond acceptors (Lipinski definition) is 4. The van der Waals surface area contributed by atoms with Crippen LogP contribution in [0, 0.1) is 11.3 Å². The summed E-state index contributed by atoms with van der Waals surface area (Å²) in [6.07, 6.45) is 0. The number of ketones is 1. The summed E-state index contributed by atoms with van der Waals surface area (Å²) in [5.41, 5.74) is 4.09. The maximum Gasteiger partial charge on any atom is 0.158 e. The van der Waals surface area contributed by atoms with E-state index < -0.39 is 0 Å². The van der Waals surface area contributed by atoms with Crippen LogP contribution in [-0.4, -0.2) is 5.78 Å². The first-order valence-corrected chi connectivity index (χ1v) is 9.92. The quantitative estimate of drug-likeness (QED) is 0.721. The Labute approximate surface area is 168 Å². The summed E-state index contributed by atoms with van der Waals surface area (Å²) < 4.78 is 0. The Kier molecular flexibility index (Phi) is 6.05. The van der Waals surface area contributed by atoms with E-state index in [9.17, 15) is 10.1 Å². The summed E-state index contributed by atoms with van der Waals surface area (Å²) in [6.45, 7) is 3.45. The fraction of sp³-hybridized carbons (Fsp3) is 0.182. The fourth-order valence-corrected chi connectivity index (χ4v) is 4.38. The highest BCUT2D eigenvalue weighted by atomic mass is 35.5. The molecule has 0 aromatic heterocycles. The van der Waals surface area contributed by atoms with Crippen molar-refractivity contribution in [3.05, 3.63) is 92.6 Å². The molecule has 2 aromatic carbocycles. The van der Waals surface area contributed by atoms with Crippen LogP contribution in [0.2, 0.25) is 5.02 Å². The van der Waals surface area contributed by atoms with Gasteiger partial charge in [-0.05, 0) is 37.1 Å². The standard InChI is InChI=1S/C22H19ClN2OS/c1-14-20(15(2)26)21(17-6-4-3-5-7-17)19(12-24)22(25-14)27-13-16-8-10-18(23)11-9-16/h3-11,21,25H,13H2,1-2H3/t21-/m1/s1. The summed E-state index contributed by atoms with van der Waals surface area (Å²) in [5, 5.41) is 14.7. The van der Waals surface area contributed by atoms with Crippen LogP contribution in [0.4, 0.5) is 0 Å². The van der Waals surface area contributed by atoms with Crippen LogP contribution in [0.5, 0.6) is 0 Å². The number of nitrogens with zero attached hydrogens (tertiary/aromatic N) is 1. The van der Waals surface area contributed by atoms with E-state index in [1.54, 1.807) is 18.7 Å². The number of rotatable bonds is 5. The lowest BCUT2D eigenvalue weighted by Crippen LogP contribution is -2.27. The van der Waals surface area contributed by atoms with Crippen molar-refractivity contribution in [3.63, 3.8) is 0 Å². The van der Waals surface area contributed by atoms with Gasteiger partial charge in [-0.1, -0.05) is 54.1 Å². The number of carbonyl (C=O) groups is 1. The van der Waals surface area contributed by atoms with Crippen LogP contribution in [-0.2, 0) is 10.5 Å². The van der Waals surface area contributed by atoms with E-state index in [4.69, 9.17) is 11.6 Å². The SMILES string of the molecule is CC(=O)C1=C(C)NC(SCc2ccc(Cl)cc2)=C(C#N)[C@H]1c1ccccc1. The molecule has 0 aliphatic carbocycles. The van der Waals surface area contributed by atoms with Crippen molar-refractivity contribution >= 4 is 29.1 Å². The van der Waals surface area contributed by atoms with Crippen molar-refractivity contribution in [1.29, 1.82) is 5.26 Å². The van der Waals surface area contributed by atoms with E-state index in [0.29, 0.717) is 21.9 Å². The molecule has 3 nitrogen and oxygen atoms in total. The predicted molar refractivity (Wildman–Crippen MR) is 111 cm³/mol. The van der Waals surface area contributed by atoms with Crippen LogP contribution in [0.25, 0.3) is 0 Å². The highest BCUT2D eigenvalue weighted by molar-refractivity contribution is 8.02. The molecule has 0 fully saturated rings. The number of hydrogen-bond donors (Lipinski definition) is 1. The van der Waals surface area contributed by atoms with Crippen LogP contribution < -0.4 is 5.32 Å². The minimum Gasteiger partial charge on any atom is -0.353 e. The molecule has 0 radical (unpaired) electrons. The second-order valence-corrected chi connectivity index (χ2v) is 7.76. The molecule has 3 rings (SSSR count). The molecule has 1 N–H and O–H groups in total. The zero-order chi connectivity index (χ0) is 19.4. The molecule has 27 heavy (non-hydrogen) atoms. The van der Waals surface area contributed by atoms with Gasteiger partial charge in [0, 0.05) is 22.0 Å². The van der Waals surface area contributed by atoms with Gasteiger partial charge in [-0.2, -0.15) is 5.26 Å². The van der Waals surface area contributed by atoms with E-state index in [0.717, 1.165) is 21.9 Å². The normalized spacial score (nSPS) is 16.7. The number of dihydropyridines is 1. The molecule has 1 aliphatic rings. The molecule has 2 aromatic rings. The van der Waals surface area contributed by atoms with Crippen molar-refractivity contribution in [2.75, 3.05) is 0 Å². The largest absolute Gasteiger partial charge is 0.353 e. The number of carbonyl (C=O) groups excluding carboxylic acids is 1.